The van der Waals surface area contributed by atoms with Crippen LogP contribution in [-0.2, 0) is 11.0 Å². The minimum atomic E-state index is -4.76. The monoisotopic (exact) mass is 631 g/mol. The van der Waals surface area contributed by atoms with E-state index in [4.69, 9.17) is 4.84 Å². The largest absolute Gasteiger partial charge is 0.434 e. The number of benzene rings is 1. The molecule has 4 heterocycles. The first-order valence-corrected chi connectivity index (χ1v) is 14.7. The molecule has 0 aliphatic carbocycles. The maximum atomic E-state index is 13.9. The number of piperidine rings is 2. The van der Waals surface area contributed by atoms with Crippen LogP contribution in [0.3, 0.4) is 0 Å². The number of carbonyl (C=O) groups is 1. The Kier molecular flexibility index (Phi) is 8.65. The van der Waals surface area contributed by atoms with E-state index >= 15 is 0 Å². The van der Waals surface area contributed by atoms with Gasteiger partial charge in [0.2, 0.25) is 0 Å². The van der Waals surface area contributed by atoms with E-state index in [2.05, 4.69) is 42.9 Å². The number of rotatable bonds is 6. The molecule has 11 heteroatoms. The van der Waals surface area contributed by atoms with Crippen LogP contribution in [0.15, 0.2) is 58.3 Å². The van der Waals surface area contributed by atoms with Gasteiger partial charge < -0.3 is 9.74 Å². The first-order chi connectivity index (χ1) is 19.6. The van der Waals surface area contributed by atoms with E-state index in [1.54, 1.807) is 12.1 Å². The lowest BCUT2D eigenvalue weighted by atomic mass is 9.82. The highest BCUT2D eigenvalue weighted by atomic mass is 79.9. The predicted octanol–water partition coefficient (Wildman–Crippen LogP) is 6.56. The Morgan fingerprint density at radius 3 is 2.44 bits per heavy atom. The van der Waals surface area contributed by atoms with Crippen molar-refractivity contribution >= 4 is 38.6 Å². The molecule has 7 nitrogen and oxygen atoms in total. The van der Waals surface area contributed by atoms with Gasteiger partial charge in [-0.3, -0.25) is 9.69 Å². The summed E-state index contributed by atoms with van der Waals surface area (Å²) in [5.74, 6) is -0.373. The summed E-state index contributed by atoms with van der Waals surface area (Å²) in [4.78, 5) is 30.5. The van der Waals surface area contributed by atoms with Crippen LogP contribution in [0.4, 0.5) is 13.2 Å². The Morgan fingerprint density at radius 2 is 1.80 bits per heavy atom. The summed E-state index contributed by atoms with van der Waals surface area (Å²) in [5, 5.41) is 4.88. The molecule has 218 valence electrons. The molecule has 1 amide bonds. The molecule has 3 aromatic rings. The third-order valence-corrected chi connectivity index (χ3v) is 8.82. The molecule has 1 aromatic carbocycles. The van der Waals surface area contributed by atoms with Crippen molar-refractivity contribution in [3.8, 4) is 0 Å². The molecule has 2 aromatic heterocycles. The maximum absolute atomic E-state index is 13.9. The van der Waals surface area contributed by atoms with Gasteiger partial charge in [-0.05, 0) is 88.5 Å². The van der Waals surface area contributed by atoms with Gasteiger partial charge in [-0.15, -0.1) is 0 Å². The van der Waals surface area contributed by atoms with E-state index in [0.29, 0.717) is 37.9 Å². The molecule has 0 radical (unpaired) electrons. The minimum absolute atomic E-state index is 0.0272. The number of aromatic nitrogens is 2. The number of alkyl halides is 3. The number of nitrogens with zero attached hydrogens (tertiary/aromatic N) is 5. The number of likely N-dealkylation sites (tertiary alicyclic amines) is 2. The van der Waals surface area contributed by atoms with Gasteiger partial charge in [-0.25, -0.2) is 9.97 Å². The Hall–Kier alpha value is -3.05. The van der Waals surface area contributed by atoms with E-state index in [9.17, 15) is 18.0 Å². The number of fused-ring (bicyclic) bond motifs is 1. The number of hydrogen-bond acceptors (Lipinski definition) is 6. The SMILES string of the molecule is CCO/N=C(\c1ccc(Br)cc1)C1CCN(C2(C)CCN(C(=O)c3cc4cccnc4nc3C(F)(F)F)CC2)CC1. The first-order valence-electron chi connectivity index (χ1n) is 13.9. The third kappa shape index (κ3) is 6.40. The molecule has 2 fully saturated rings. The lowest BCUT2D eigenvalue weighted by Crippen LogP contribution is -2.56. The fraction of sp³-hybridized carbons (Fsp3) is 0.467. The Balaban J connectivity index is 1.25. The van der Waals surface area contributed by atoms with Gasteiger partial charge in [0.25, 0.3) is 5.91 Å². The van der Waals surface area contributed by atoms with E-state index in [-0.39, 0.29) is 17.1 Å². The van der Waals surface area contributed by atoms with Crippen molar-refractivity contribution in [2.75, 3.05) is 32.8 Å². The normalized spacial score (nSPS) is 19.0. The molecule has 0 atom stereocenters. The van der Waals surface area contributed by atoms with Crippen LogP contribution in [0.2, 0.25) is 0 Å². The van der Waals surface area contributed by atoms with Gasteiger partial charge in [0.05, 0.1) is 11.3 Å². The van der Waals surface area contributed by atoms with Crippen molar-refractivity contribution in [2.45, 2.75) is 51.2 Å². The molecular formula is C30H33BrF3N5O2. The highest BCUT2D eigenvalue weighted by molar-refractivity contribution is 9.10. The summed E-state index contributed by atoms with van der Waals surface area (Å²) >= 11 is 3.49. The summed E-state index contributed by atoms with van der Waals surface area (Å²) in [6.45, 7) is 7.13. The second-order valence-corrected chi connectivity index (χ2v) is 11.8. The molecule has 5 rings (SSSR count). The molecule has 0 spiro atoms. The lowest BCUT2D eigenvalue weighted by molar-refractivity contribution is -0.141. The number of hydrogen-bond donors (Lipinski definition) is 0. The second-order valence-electron chi connectivity index (χ2n) is 10.9. The predicted molar refractivity (Wildman–Crippen MR) is 155 cm³/mol. The maximum Gasteiger partial charge on any atom is 0.434 e. The number of amides is 1. The van der Waals surface area contributed by atoms with Crippen molar-refractivity contribution < 1.29 is 22.8 Å². The zero-order valence-electron chi connectivity index (χ0n) is 23.1. The van der Waals surface area contributed by atoms with Gasteiger partial charge in [0.15, 0.2) is 11.3 Å². The van der Waals surface area contributed by atoms with Gasteiger partial charge in [-0.2, -0.15) is 13.2 Å². The van der Waals surface area contributed by atoms with Crippen LogP contribution in [0.25, 0.3) is 11.0 Å². The van der Waals surface area contributed by atoms with Crippen LogP contribution in [-0.4, -0.2) is 69.7 Å². The molecule has 2 aliphatic rings. The van der Waals surface area contributed by atoms with E-state index in [0.717, 1.165) is 41.7 Å². The van der Waals surface area contributed by atoms with Crippen molar-refractivity contribution in [2.24, 2.45) is 11.1 Å². The number of carbonyl (C=O) groups excluding carboxylic acids is 1. The van der Waals surface area contributed by atoms with Gasteiger partial charge >= 0.3 is 6.18 Å². The molecule has 0 unspecified atom stereocenters. The smallest absolute Gasteiger partial charge is 0.396 e. The fourth-order valence-corrected chi connectivity index (χ4v) is 6.14. The van der Waals surface area contributed by atoms with Crippen LogP contribution < -0.4 is 0 Å². The van der Waals surface area contributed by atoms with E-state index in [1.807, 2.05) is 31.2 Å². The Labute approximate surface area is 245 Å². The average molecular weight is 633 g/mol. The molecule has 0 N–H and O–H groups in total. The summed E-state index contributed by atoms with van der Waals surface area (Å²) in [5.41, 5.74) is 0.241. The molecule has 2 saturated heterocycles. The van der Waals surface area contributed by atoms with Crippen LogP contribution in [0.1, 0.15) is 61.1 Å². The number of oxime groups is 1. The quantitative estimate of drug-likeness (QED) is 0.228. The van der Waals surface area contributed by atoms with Crippen molar-refractivity contribution in [3.05, 3.63) is 70.0 Å². The van der Waals surface area contributed by atoms with Gasteiger partial charge in [0, 0.05) is 40.6 Å². The molecule has 2 aliphatic heterocycles. The summed E-state index contributed by atoms with van der Waals surface area (Å²) in [6, 6.07) is 12.6. The van der Waals surface area contributed by atoms with Crippen LogP contribution in [0, 0.1) is 5.92 Å². The fourth-order valence-electron chi connectivity index (χ4n) is 5.87. The zero-order chi connectivity index (χ0) is 29.2. The zero-order valence-corrected chi connectivity index (χ0v) is 24.7. The Morgan fingerprint density at radius 1 is 1.12 bits per heavy atom. The van der Waals surface area contributed by atoms with Crippen LogP contribution in [0.5, 0.6) is 0 Å². The topological polar surface area (TPSA) is 70.9 Å². The lowest BCUT2D eigenvalue weighted by Gasteiger charge is -2.49. The average Bonchev–Trinajstić information content (AvgIpc) is 2.97. The summed E-state index contributed by atoms with van der Waals surface area (Å²) in [6.07, 6.45) is -0.164. The second kappa shape index (κ2) is 12.1. The number of halogens is 4. The summed E-state index contributed by atoms with van der Waals surface area (Å²) in [7, 11) is 0. The molecule has 41 heavy (non-hydrogen) atoms. The van der Waals surface area contributed by atoms with Crippen LogP contribution >= 0.6 is 15.9 Å². The Bertz CT molecular complexity index is 1410. The van der Waals surface area contributed by atoms with Gasteiger partial charge in [-0.1, -0.05) is 33.2 Å². The molecule has 0 saturated carbocycles. The van der Waals surface area contributed by atoms with E-state index < -0.39 is 23.3 Å². The van der Waals surface area contributed by atoms with E-state index in [1.165, 1.54) is 17.2 Å². The summed E-state index contributed by atoms with van der Waals surface area (Å²) < 4.78 is 42.6. The minimum Gasteiger partial charge on any atom is -0.396 e. The highest BCUT2D eigenvalue weighted by Gasteiger charge is 2.42. The first kappa shape index (κ1) is 29.4. The van der Waals surface area contributed by atoms with Crippen molar-refractivity contribution in [3.63, 3.8) is 0 Å². The van der Waals surface area contributed by atoms with Crippen molar-refractivity contribution in [1.82, 2.24) is 19.8 Å². The molecular weight excluding hydrogens is 599 g/mol. The highest BCUT2D eigenvalue weighted by Crippen LogP contribution is 2.36. The van der Waals surface area contributed by atoms with Gasteiger partial charge in [0.1, 0.15) is 6.61 Å². The number of pyridine rings is 2. The van der Waals surface area contributed by atoms with Crippen molar-refractivity contribution in [1.29, 1.82) is 0 Å². The molecule has 0 bridgehead atoms. The standard InChI is InChI=1S/C30H33BrF3N5O2/c1-3-41-37-25(20-6-8-23(31)9-7-20)21-10-15-39(16-11-21)29(2)12-17-38(18-13-29)28(40)24-19-22-5-4-14-35-27(22)36-26(24)30(32,33)34/h4-9,14,19,21H,3,10-13,15-18H2,1-2H3/b37-25+. The third-order valence-electron chi connectivity index (χ3n) is 8.29.